The standard InChI is InChI=1S/C25H24F3N5O5/c1-12(11-34)29-22(35)19-17(23-31-18-14(37-2)9-6-10-15(18)38-23)24(36)33-21(30-19)16(13-7-4-3-5-8-13)20(32-33)25(26,27)28/h3-10,12,16,20-21,30,32,34H,11H2,1-2H3,(H,29,35)/t12-,16?,20?,21?/m0/s1. The van der Waals surface area contributed by atoms with Gasteiger partial charge in [0.15, 0.2) is 11.1 Å². The van der Waals surface area contributed by atoms with Crippen molar-refractivity contribution in [2.45, 2.75) is 37.3 Å². The van der Waals surface area contributed by atoms with Crippen LogP contribution in [0.5, 0.6) is 5.75 Å². The second kappa shape index (κ2) is 9.65. The van der Waals surface area contributed by atoms with E-state index in [2.05, 4.69) is 21.0 Å². The van der Waals surface area contributed by atoms with Crippen LogP contribution in [-0.4, -0.2) is 65.1 Å². The number of oxazole rings is 1. The van der Waals surface area contributed by atoms with E-state index in [0.717, 1.165) is 5.01 Å². The van der Waals surface area contributed by atoms with Crippen molar-refractivity contribution in [3.8, 4) is 5.75 Å². The zero-order valence-corrected chi connectivity index (χ0v) is 20.2. The monoisotopic (exact) mass is 531 g/mol. The fourth-order valence-corrected chi connectivity index (χ4v) is 4.68. The first-order chi connectivity index (χ1) is 18.1. The number of aliphatic hydroxyl groups excluding tert-OH is 1. The molecule has 0 aliphatic carbocycles. The lowest BCUT2D eigenvalue weighted by Crippen LogP contribution is -2.57. The fourth-order valence-electron chi connectivity index (χ4n) is 4.68. The number of carbonyl (C=O) groups excluding carboxylic acids is 2. The SMILES string of the molecule is COc1cccc2oc(C3=C(C(=O)N[C@@H](C)CO)NC4C(c5ccccc5)C(C(F)(F)F)NN4C3=O)nc12. The summed E-state index contributed by atoms with van der Waals surface area (Å²) in [5, 5.41) is 15.6. The lowest BCUT2D eigenvalue weighted by molar-refractivity contribution is -0.161. The Hall–Kier alpha value is -4.10. The highest BCUT2D eigenvalue weighted by Crippen LogP contribution is 2.43. The first-order valence-corrected chi connectivity index (χ1v) is 11.7. The summed E-state index contributed by atoms with van der Waals surface area (Å²) in [5.41, 5.74) is 2.42. The minimum atomic E-state index is -4.72. The van der Waals surface area contributed by atoms with Crippen molar-refractivity contribution in [1.82, 2.24) is 26.1 Å². The molecule has 2 amide bonds. The molecular formula is C25H24F3N5O5. The number of halogens is 3. The van der Waals surface area contributed by atoms with E-state index in [1.165, 1.54) is 26.2 Å². The molecule has 3 aromatic rings. The molecule has 1 saturated heterocycles. The number of para-hydroxylation sites is 1. The zero-order chi connectivity index (χ0) is 27.2. The van der Waals surface area contributed by atoms with Crippen molar-refractivity contribution >= 4 is 28.5 Å². The molecule has 1 aromatic heterocycles. The third-order valence-electron chi connectivity index (χ3n) is 6.46. The van der Waals surface area contributed by atoms with Crippen LogP contribution >= 0.6 is 0 Å². The largest absolute Gasteiger partial charge is 0.494 e. The summed E-state index contributed by atoms with van der Waals surface area (Å²) in [6.45, 7) is 1.13. The van der Waals surface area contributed by atoms with Crippen molar-refractivity contribution in [2.24, 2.45) is 0 Å². The molecule has 4 atom stereocenters. The number of nitrogens with one attached hydrogen (secondary N) is 3. The third-order valence-corrected chi connectivity index (χ3v) is 6.46. The summed E-state index contributed by atoms with van der Waals surface area (Å²) in [6, 6.07) is 9.92. The number of aromatic nitrogens is 1. The number of hydrogen-bond donors (Lipinski definition) is 4. The van der Waals surface area contributed by atoms with Gasteiger partial charge in [0.25, 0.3) is 11.8 Å². The number of benzene rings is 2. The van der Waals surface area contributed by atoms with Crippen LogP contribution in [0.25, 0.3) is 16.7 Å². The molecule has 3 unspecified atom stereocenters. The Kier molecular flexibility index (Phi) is 6.49. The Balaban J connectivity index is 1.66. The summed E-state index contributed by atoms with van der Waals surface area (Å²) in [7, 11) is 1.42. The van der Waals surface area contributed by atoms with Gasteiger partial charge in [-0.3, -0.25) is 9.59 Å². The maximum atomic E-state index is 14.2. The predicted octanol–water partition coefficient (Wildman–Crippen LogP) is 2.04. The number of nitrogens with zero attached hydrogens (tertiary/aromatic N) is 2. The normalized spacial score (nSPS) is 22.3. The van der Waals surface area contributed by atoms with Crippen LogP contribution in [0.2, 0.25) is 0 Å². The number of methoxy groups -OCH3 is 1. The zero-order valence-electron chi connectivity index (χ0n) is 20.2. The molecule has 2 aromatic carbocycles. The number of hydrogen-bond acceptors (Lipinski definition) is 8. The van der Waals surface area contributed by atoms with Gasteiger partial charge < -0.3 is 24.9 Å². The second-order valence-electron chi connectivity index (χ2n) is 8.98. The van der Waals surface area contributed by atoms with Crippen LogP contribution in [0.3, 0.4) is 0 Å². The highest BCUT2D eigenvalue weighted by molar-refractivity contribution is 6.25. The number of aliphatic hydroxyl groups is 1. The Morgan fingerprint density at radius 2 is 1.97 bits per heavy atom. The van der Waals surface area contributed by atoms with Crippen LogP contribution in [0, 0.1) is 0 Å². The van der Waals surface area contributed by atoms with Gasteiger partial charge in [-0.2, -0.15) is 13.2 Å². The quantitative estimate of drug-likeness (QED) is 0.381. The number of amides is 2. The molecular weight excluding hydrogens is 507 g/mol. The van der Waals surface area contributed by atoms with Gasteiger partial charge in [-0.25, -0.2) is 15.4 Å². The van der Waals surface area contributed by atoms with E-state index in [0.29, 0.717) is 11.3 Å². The van der Waals surface area contributed by atoms with Crippen molar-refractivity contribution < 1.29 is 37.0 Å². The maximum absolute atomic E-state index is 14.2. The van der Waals surface area contributed by atoms with Crippen molar-refractivity contribution in [1.29, 1.82) is 0 Å². The smallest absolute Gasteiger partial charge is 0.406 e. The molecule has 0 radical (unpaired) electrons. The Labute approximate surface area is 214 Å². The number of carbonyl (C=O) groups is 2. The molecule has 10 nitrogen and oxygen atoms in total. The Morgan fingerprint density at radius 1 is 1.24 bits per heavy atom. The molecule has 5 rings (SSSR count). The summed E-state index contributed by atoms with van der Waals surface area (Å²) < 4.78 is 53.6. The summed E-state index contributed by atoms with van der Waals surface area (Å²) in [5.74, 6) is -2.98. The van der Waals surface area contributed by atoms with Gasteiger partial charge in [0.2, 0.25) is 5.89 Å². The van der Waals surface area contributed by atoms with Crippen LogP contribution in [0.4, 0.5) is 13.2 Å². The summed E-state index contributed by atoms with van der Waals surface area (Å²) >= 11 is 0. The van der Waals surface area contributed by atoms with Gasteiger partial charge in [-0.05, 0) is 24.6 Å². The summed E-state index contributed by atoms with van der Waals surface area (Å²) in [6.07, 6.45) is -6.00. The highest BCUT2D eigenvalue weighted by Gasteiger charge is 2.58. The summed E-state index contributed by atoms with van der Waals surface area (Å²) in [4.78, 5) is 31.4. The molecule has 0 saturated carbocycles. The average molecular weight is 531 g/mol. The van der Waals surface area contributed by atoms with E-state index in [-0.39, 0.29) is 28.3 Å². The number of hydrazine groups is 1. The van der Waals surface area contributed by atoms with Crippen molar-refractivity contribution in [2.75, 3.05) is 13.7 Å². The van der Waals surface area contributed by atoms with Crippen LogP contribution in [-0.2, 0) is 9.59 Å². The minimum Gasteiger partial charge on any atom is -0.494 e. The number of alkyl halides is 3. The molecule has 200 valence electrons. The molecule has 3 heterocycles. The highest BCUT2D eigenvalue weighted by atomic mass is 19.4. The van der Waals surface area contributed by atoms with Gasteiger partial charge in [-0.1, -0.05) is 36.4 Å². The van der Waals surface area contributed by atoms with Gasteiger partial charge in [0.05, 0.1) is 19.6 Å². The van der Waals surface area contributed by atoms with Crippen LogP contribution < -0.4 is 20.8 Å². The Bertz CT molecular complexity index is 1410. The lowest BCUT2D eigenvalue weighted by atomic mass is 9.89. The molecule has 13 heteroatoms. The molecule has 1 fully saturated rings. The fraction of sp³-hybridized carbons (Fsp3) is 0.320. The predicted molar refractivity (Wildman–Crippen MR) is 128 cm³/mol. The first-order valence-electron chi connectivity index (χ1n) is 11.7. The lowest BCUT2D eigenvalue weighted by Gasteiger charge is -2.34. The minimum absolute atomic E-state index is 0.245. The first kappa shape index (κ1) is 25.5. The number of ether oxygens (including phenoxy) is 1. The number of rotatable bonds is 6. The van der Waals surface area contributed by atoms with E-state index >= 15 is 0 Å². The third kappa shape index (κ3) is 4.33. The van der Waals surface area contributed by atoms with Gasteiger partial charge in [0, 0.05) is 6.04 Å². The second-order valence-corrected chi connectivity index (χ2v) is 8.98. The van der Waals surface area contributed by atoms with Crippen molar-refractivity contribution in [3.63, 3.8) is 0 Å². The molecule has 2 aliphatic heterocycles. The maximum Gasteiger partial charge on any atom is 0.406 e. The van der Waals surface area contributed by atoms with Gasteiger partial charge in [-0.15, -0.1) is 0 Å². The molecule has 4 N–H and O–H groups in total. The molecule has 38 heavy (non-hydrogen) atoms. The van der Waals surface area contributed by atoms with E-state index in [9.17, 15) is 27.9 Å². The van der Waals surface area contributed by atoms with Crippen LogP contribution in [0.15, 0.2) is 58.6 Å². The van der Waals surface area contributed by atoms with Gasteiger partial charge in [0.1, 0.15) is 29.2 Å². The van der Waals surface area contributed by atoms with E-state index in [1.54, 1.807) is 36.4 Å². The topological polar surface area (TPSA) is 129 Å². The molecule has 0 bridgehead atoms. The average Bonchev–Trinajstić information content (AvgIpc) is 3.51. The Morgan fingerprint density at radius 3 is 2.63 bits per heavy atom. The van der Waals surface area contributed by atoms with Gasteiger partial charge >= 0.3 is 6.18 Å². The van der Waals surface area contributed by atoms with Crippen LogP contribution in [0.1, 0.15) is 24.3 Å². The van der Waals surface area contributed by atoms with Crippen molar-refractivity contribution in [3.05, 3.63) is 65.7 Å². The van der Waals surface area contributed by atoms with E-state index in [1.807, 2.05) is 0 Å². The van der Waals surface area contributed by atoms with E-state index in [4.69, 9.17) is 9.15 Å². The molecule has 2 aliphatic rings. The number of fused-ring (bicyclic) bond motifs is 2. The molecule has 0 spiro atoms. The van der Waals surface area contributed by atoms with E-state index < -0.39 is 48.8 Å².